The van der Waals surface area contributed by atoms with E-state index in [1.807, 2.05) is 0 Å². The summed E-state index contributed by atoms with van der Waals surface area (Å²) in [5.74, 6) is 0. The molecule has 1 aromatic rings. The predicted octanol–water partition coefficient (Wildman–Crippen LogP) is 4.82. The molecule has 0 bridgehead atoms. The van der Waals surface area contributed by atoms with Crippen molar-refractivity contribution in [2.75, 3.05) is 0 Å². The maximum Gasteiger partial charge on any atom is 0.0621 e. The van der Waals surface area contributed by atoms with Crippen molar-refractivity contribution in [3.05, 3.63) is 34.9 Å². The van der Waals surface area contributed by atoms with Gasteiger partial charge in [-0.2, -0.15) is 5.26 Å². The van der Waals surface area contributed by atoms with Crippen LogP contribution in [-0.2, 0) is 12.8 Å². The van der Waals surface area contributed by atoms with Gasteiger partial charge in [-0.25, -0.2) is 0 Å². The summed E-state index contributed by atoms with van der Waals surface area (Å²) in [6.45, 7) is 8.66. The van der Waals surface area contributed by atoms with E-state index in [2.05, 4.69) is 52.0 Å². The Morgan fingerprint density at radius 2 is 1.71 bits per heavy atom. The van der Waals surface area contributed by atoms with E-state index in [4.69, 9.17) is 5.26 Å². The second kappa shape index (κ2) is 9.90. The van der Waals surface area contributed by atoms with E-state index >= 15 is 0 Å². The van der Waals surface area contributed by atoms with Crippen LogP contribution in [0, 0.1) is 18.3 Å². The molecule has 1 heteroatoms. The van der Waals surface area contributed by atoms with Crippen LogP contribution < -0.4 is 0 Å². The van der Waals surface area contributed by atoms with Gasteiger partial charge in [0.2, 0.25) is 0 Å². The molecule has 0 aliphatic rings. The molecule has 0 amide bonds. The molecule has 0 saturated heterocycles. The molecule has 0 spiro atoms. The molecule has 0 unspecified atom stereocenters. The number of hydrogen-bond acceptors (Lipinski definition) is 1. The average Bonchev–Trinajstić information content (AvgIpc) is 2.37. The zero-order valence-electron chi connectivity index (χ0n) is 11.7. The summed E-state index contributed by atoms with van der Waals surface area (Å²) in [4.78, 5) is 0. The molecule has 1 nitrogen and oxygen atoms in total. The fourth-order valence-electron chi connectivity index (χ4n) is 1.68. The van der Waals surface area contributed by atoms with Crippen molar-refractivity contribution >= 4 is 0 Å². The Morgan fingerprint density at radius 1 is 1.06 bits per heavy atom. The first kappa shape index (κ1) is 15.7. The first-order chi connectivity index (χ1) is 8.19. The molecule has 0 aliphatic heterocycles. The lowest BCUT2D eigenvalue weighted by molar-refractivity contribution is 0.822. The van der Waals surface area contributed by atoms with E-state index < -0.39 is 0 Å². The van der Waals surface area contributed by atoms with E-state index in [-0.39, 0.29) is 0 Å². The van der Waals surface area contributed by atoms with Gasteiger partial charge in [-0.1, -0.05) is 51.0 Å². The maximum absolute atomic E-state index is 7.95. The first-order valence-corrected chi connectivity index (χ1v) is 6.64. The number of rotatable bonds is 4. The van der Waals surface area contributed by atoms with Crippen molar-refractivity contribution in [1.82, 2.24) is 0 Å². The first-order valence-electron chi connectivity index (χ1n) is 6.64. The molecular formula is C16H25N. The van der Waals surface area contributed by atoms with Crippen LogP contribution in [-0.4, -0.2) is 0 Å². The van der Waals surface area contributed by atoms with Gasteiger partial charge in [-0.05, 0) is 37.3 Å². The van der Waals surface area contributed by atoms with Crippen molar-refractivity contribution in [1.29, 1.82) is 5.26 Å². The van der Waals surface area contributed by atoms with Gasteiger partial charge < -0.3 is 0 Å². The van der Waals surface area contributed by atoms with Crippen molar-refractivity contribution in [3.63, 3.8) is 0 Å². The highest BCUT2D eigenvalue weighted by Crippen LogP contribution is 2.12. The van der Waals surface area contributed by atoms with Crippen LogP contribution in [0.15, 0.2) is 18.2 Å². The lowest BCUT2D eigenvalue weighted by atomic mass is 10.0. The fraction of sp³-hybridized carbons (Fsp3) is 0.562. The average molecular weight is 231 g/mol. The molecule has 1 rings (SSSR count). The van der Waals surface area contributed by atoms with E-state index in [0.717, 1.165) is 32.1 Å². The van der Waals surface area contributed by atoms with E-state index in [1.165, 1.54) is 16.7 Å². The molecule has 0 fully saturated rings. The Balaban J connectivity index is 0.000000366. The summed E-state index contributed by atoms with van der Waals surface area (Å²) >= 11 is 0. The Kier molecular flexibility index (Phi) is 9.15. The largest absolute Gasteiger partial charge is 0.198 e. The van der Waals surface area contributed by atoms with Gasteiger partial charge in [0.15, 0.2) is 0 Å². The second-order valence-electron chi connectivity index (χ2n) is 4.24. The molecule has 0 aromatic heterocycles. The third-order valence-corrected chi connectivity index (χ3v) is 2.77. The summed E-state index contributed by atoms with van der Waals surface area (Å²) < 4.78 is 0. The van der Waals surface area contributed by atoms with Crippen LogP contribution in [0.4, 0.5) is 0 Å². The van der Waals surface area contributed by atoms with Gasteiger partial charge in [0, 0.05) is 6.42 Å². The van der Waals surface area contributed by atoms with Crippen LogP contribution in [0.25, 0.3) is 0 Å². The van der Waals surface area contributed by atoms with Crippen LogP contribution in [0.5, 0.6) is 0 Å². The number of nitrogens with zero attached hydrogens (tertiary/aromatic N) is 1. The van der Waals surface area contributed by atoms with Crippen molar-refractivity contribution in [2.45, 2.75) is 59.8 Å². The Labute approximate surface area is 106 Å². The van der Waals surface area contributed by atoms with Crippen molar-refractivity contribution in [2.24, 2.45) is 0 Å². The Hall–Kier alpha value is -1.29. The van der Waals surface area contributed by atoms with Crippen LogP contribution in [0.1, 0.15) is 56.7 Å². The minimum absolute atomic E-state index is 0.719. The molecule has 0 N–H and O–H groups in total. The number of hydrogen-bond donors (Lipinski definition) is 0. The zero-order chi connectivity index (χ0) is 13.1. The van der Waals surface area contributed by atoms with Gasteiger partial charge in [-0.15, -0.1) is 0 Å². The van der Waals surface area contributed by atoms with Gasteiger partial charge >= 0.3 is 0 Å². The molecule has 1 aromatic carbocycles. The minimum atomic E-state index is 0.719. The number of unbranched alkanes of at least 4 members (excludes halogenated alkanes) is 2. The topological polar surface area (TPSA) is 23.8 Å². The van der Waals surface area contributed by atoms with E-state index in [9.17, 15) is 0 Å². The molecule has 0 heterocycles. The summed E-state index contributed by atoms with van der Waals surface area (Å²) in [5, 5.41) is 7.95. The van der Waals surface area contributed by atoms with Crippen LogP contribution in [0.3, 0.4) is 0 Å². The predicted molar refractivity (Wildman–Crippen MR) is 75.1 cm³/mol. The van der Waals surface area contributed by atoms with Crippen LogP contribution in [0.2, 0.25) is 0 Å². The Morgan fingerprint density at radius 3 is 2.12 bits per heavy atom. The van der Waals surface area contributed by atoms with Gasteiger partial charge in [0.1, 0.15) is 0 Å². The van der Waals surface area contributed by atoms with Crippen molar-refractivity contribution < 1.29 is 0 Å². The highest BCUT2D eigenvalue weighted by Gasteiger charge is 1.97. The standard InChI is InChI=1S/C11H16.C5H9N/c1-4-10-7-6-9(3)8-11(10)5-2;1-2-3-4-5-6/h6-8H,4-5H2,1-3H3;2-4H2,1H3. The summed E-state index contributed by atoms with van der Waals surface area (Å²) in [6.07, 6.45) is 5.22. The highest BCUT2D eigenvalue weighted by atomic mass is 14.2. The smallest absolute Gasteiger partial charge is 0.0621 e. The molecule has 0 saturated carbocycles. The van der Waals surface area contributed by atoms with Gasteiger partial charge in [0.05, 0.1) is 6.07 Å². The van der Waals surface area contributed by atoms with E-state index in [1.54, 1.807) is 0 Å². The SMILES string of the molecule is CCCCC#N.CCc1ccc(C)cc1CC. The summed E-state index contributed by atoms with van der Waals surface area (Å²) in [6, 6.07) is 8.80. The van der Waals surface area contributed by atoms with E-state index in [0.29, 0.717) is 0 Å². The summed E-state index contributed by atoms with van der Waals surface area (Å²) in [7, 11) is 0. The van der Waals surface area contributed by atoms with Gasteiger partial charge in [0.25, 0.3) is 0 Å². The lowest BCUT2D eigenvalue weighted by Gasteiger charge is -2.05. The fourth-order valence-corrected chi connectivity index (χ4v) is 1.68. The molecule has 0 atom stereocenters. The number of aryl methyl sites for hydroxylation is 3. The maximum atomic E-state index is 7.95. The molecule has 17 heavy (non-hydrogen) atoms. The highest BCUT2D eigenvalue weighted by molar-refractivity contribution is 5.31. The third kappa shape index (κ3) is 6.79. The lowest BCUT2D eigenvalue weighted by Crippen LogP contribution is -1.90. The minimum Gasteiger partial charge on any atom is -0.198 e. The van der Waals surface area contributed by atoms with Crippen molar-refractivity contribution in [3.8, 4) is 6.07 Å². The number of nitriles is 1. The quantitative estimate of drug-likeness (QED) is 0.681. The Bertz CT molecular complexity index is 347. The molecular weight excluding hydrogens is 206 g/mol. The molecule has 94 valence electrons. The third-order valence-electron chi connectivity index (χ3n) is 2.77. The molecule has 0 aliphatic carbocycles. The second-order valence-corrected chi connectivity index (χ2v) is 4.24. The van der Waals surface area contributed by atoms with Crippen LogP contribution >= 0.6 is 0 Å². The van der Waals surface area contributed by atoms with Gasteiger partial charge in [-0.3, -0.25) is 0 Å². The normalized spacial score (nSPS) is 9.12. The zero-order valence-corrected chi connectivity index (χ0v) is 11.7. The summed E-state index contributed by atoms with van der Waals surface area (Å²) in [5.41, 5.74) is 4.38. The monoisotopic (exact) mass is 231 g/mol. The number of benzene rings is 1. The molecule has 0 radical (unpaired) electrons.